The molecule has 0 unspecified atom stereocenters. The topological polar surface area (TPSA) is 57.4 Å². The molecule has 0 aliphatic heterocycles. The molecular formula is C11H8BrF3N2O3. The van der Waals surface area contributed by atoms with E-state index in [9.17, 15) is 13.2 Å². The van der Waals surface area contributed by atoms with Crippen LogP contribution in [0.5, 0.6) is 11.5 Å². The maximum Gasteiger partial charge on any atom is 0.573 e. The highest BCUT2D eigenvalue weighted by molar-refractivity contribution is 9.10. The van der Waals surface area contributed by atoms with Crippen LogP contribution < -0.4 is 9.47 Å². The van der Waals surface area contributed by atoms with Gasteiger partial charge in [-0.1, -0.05) is 10.3 Å². The van der Waals surface area contributed by atoms with Gasteiger partial charge >= 0.3 is 6.36 Å². The van der Waals surface area contributed by atoms with E-state index in [0.29, 0.717) is 17.1 Å². The van der Waals surface area contributed by atoms with Crippen molar-refractivity contribution in [2.24, 2.45) is 0 Å². The fourth-order valence-electron chi connectivity index (χ4n) is 1.31. The number of benzene rings is 1. The van der Waals surface area contributed by atoms with Crippen molar-refractivity contribution in [2.75, 3.05) is 0 Å². The highest BCUT2D eigenvalue weighted by Gasteiger charge is 2.32. The van der Waals surface area contributed by atoms with Crippen LogP contribution in [0.4, 0.5) is 13.2 Å². The third-order valence-electron chi connectivity index (χ3n) is 2.25. The molecule has 0 fully saturated rings. The normalized spacial score (nSPS) is 11.4. The van der Waals surface area contributed by atoms with E-state index in [2.05, 4.69) is 35.6 Å². The Balaban J connectivity index is 2.04. The Bertz CT molecular complexity index is 601. The van der Waals surface area contributed by atoms with Gasteiger partial charge in [-0.15, -0.1) is 13.2 Å². The molecule has 0 aliphatic carbocycles. The van der Waals surface area contributed by atoms with Crippen LogP contribution in [-0.2, 0) is 6.61 Å². The van der Waals surface area contributed by atoms with Crippen LogP contribution in [0.3, 0.4) is 0 Å². The van der Waals surface area contributed by atoms with Crippen LogP contribution in [0.25, 0.3) is 0 Å². The molecule has 1 aromatic carbocycles. The predicted molar refractivity (Wildman–Crippen MR) is 64.2 cm³/mol. The van der Waals surface area contributed by atoms with Crippen molar-refractivity contribution >= 4 is 15.9 Å². The van der Waals surface area contributed by atoms with Gasteiger partial charge in [-0.25, -0.2) is 4.63 Å². The van der Waals surface area contributed by atoms with E-state index in [0.717, 1.165) is 6.07 Å². The number of hydrogen-bond donors (Lipinski definition) is 0. The third-order valence-corrected chi connectivity index (χ3v) is 2.87. The zero-order valence-corrected chi connectivity index (χ0v) is 11.7. The molecular weight excluding hydrogens is 345 g/mol. The summed E-state index contributed by atoms with van der Waals surface area (Å²) >= 11 is 2.98. The average molecular weight is 353 g/mol. The molecule has 108 valence electrons. The van der Waals surface area contributed by atoms with Crippen molar-refractivity contribution in [3.63, 3.8) is 0 Å². The second kappa shape index (κ2) is 5.70. The summed E-state index contributed by atoms with van der Waals surface area (Å²) < 4.78 is 50.1. The first-order valence-electron chi connectivity index (χ1n) is 5.31. The Morgan fingerprint density at radius 1 is 1.30 bits per heavy atom. The summed E-state index contributed by atoms with van der Waals surface area (Å²) in [6.07, 6.45) is -4.74. The Hall–Kier alpha value is -1.77. The molecule has 20 heavy (non-hydrogen) atoms. The minimum atomic E-state index is -4.74. The van der Waals surface area contributed by atoms with Gasteiger partial charge in [0.15, 0.2) is 0 Å². The average Bonchev–Trinajstić information content (AvgIpc) is 2.74. The van der Waals surface area contributed by atoms with Crippen molar-refractivity contribution in [2.45, 2.75) is 19.9 Å². The van der Waals surface area contributed by atoms with Crippen LogP contribution in [0.15, 0.2) is 27.3 Å². The van der Waals surface area contributed by atoms with Gasteiger partial charge in [0, 0.05) is 0 Å². The molecule has 0 amide bonds. The maximum absolute atomic E-state index is 12.1. The lowest BCUT2D eigenvalue weighted by Gasteiger charge is -2.11. The van der Waals surface area contributed by atoms with Crippen LogP contribution in [0, 0.1) is 6.92 Å². The highest BCUT2D eigenvalue weighted by atomic mass is 79.9. The van der Waals surface area contributed by atoms with Gasteiger partial charge in [-0.3, -0.25) is 0 Å². The van der Waals surface area contributed by atoms with E-state index in [1.54, 1.807) is 6.92 Å². The Labute approximate surface area is 119 Å². The molecule has 5 nitrogen and oxygen atoms in total. The number of aryl methyl sites for hydroxylation is 1. The largest absolute Gasteiger partial charge is 0.573 e. The lowest BCUT2D eigenvalue weighted by Crippen LogP contribution is -2.17. The number of ether oxygens (including phenoxy) is 2. The number of aromatic nitrogens is 2. The number of rotatable bonds is 4. The van der Waals surface area contributed by atoms with Gasteiger partial charge in [0.05, 0.1) is 4.47 Å². The molecule has 0 N–H and O–H groups in total. The van der Waals surface area contributed by atoms with Gasteiger partial charge < -0.3 is 9.47 Å². The summed E-state index contributed by atoms with van der Waals surface area (Å²) in [7, 11) is 0. The van der Waals surface area contributed by atoms with Gasteiger partial charge in [0.1, 0.15) is 29.5 Å². The molecule has 0 aliphatic rings. The number of hydrogen-bond acceptors (Lipinski definition) is 5. The smallest absolute Gasteiger partial charge is 0.487 e. The minimum absolute atomic E-state index is 0.0985. The lowest BCUT2D eigenvalue weighted by molar-refractivity contribution is -0.274. The molecule has 1 heterocycles. The van der Waals surface area contributed by atoms with Crippen LogP contribution in [0.2, 0.25) is 0 Å². The second-order valence-corrected chi connectivity index (χ2v) is 4.58. The number of nitrogens with zero attached hydrogens (tertiary/aromatic N) is 2. The summed E-state index contributed by atoms with van der Waals surface area (Å²) in [5.41, 5.74) is 1.10. The molecule has 0 saturated heterocycles. The molecule has 2 rings (SSSR count). The molecule has 0 spiro atoms. The van der Waals surface area contributed by atoms with Crippen LogP contribution >= 0.6 is 15.9 Å². The first kappa shape index (κ1) is 14.6. The first-order valence-corrected chi connectivity index (χ1v) is 6.10. The van der Waals surface area contributed by atoms with E-state index in [1.165, 1.54) is 12.1 Å². The fraction of sp³-hybridized carbons (Fsp3) is 0.273. The van der Waals surface area contributed by atoms with Crippen molar-refractivity contribution < 1.29 is 27.3 Å². The monoisotopic (exact) mass is 352 g/mol. The lowest BCUT2D eigenvalue weighted by atomic mass is 10.3. The predicted octanol–water partition coefficient (Wildman–Crippen LogP) is 3.62. The van der Waals surface area contributed by atoms with Crippen molar-refractivity contribution in [1.29, 1.82) is 0 Å². The fourth-order valence-corrected chi connectivity index (χ4v) is 1.75. The quantitative estimate of drug-likeness (QED) is 0.841. The van der Waals surface area contributed by atoms with E-state index in [1.807, 2.05) is 0 Å². The first-order chi connectivity index (χ1) is 9.35. The number of halogens is 4. The van der Waals surface area contributed by atoms with Crippen LogP contribution in [0.1, 0.15) is 11.4 Å². The summed E-state index contributed by atoms with van der Waals surface area (Å²) in [5.74, 6) is 0.0120. The Morgan fingerprint density at radius 3 is 2.60 bits per heavy atom. The summed E-state index contributed by atoms with van der Waals surface area (Å²) in [6.45, 7) is 1.80. The van der Waals surface area contributed by atoms with Crippen molar-refractivity contribution in [1.82, 2.24) is 10.3 Å². The highest BCUT2D eigenvalue weighted by Crippen LogP contribution is 2.33. The molecule has 0 radical (unpaired) electrons. The van der Waals surface area contributed by atoms with E-state index < -0.39 is 6.36 Å². The molecule has 0 atom stereocenters. The van der Waals surface area contributed by atoms with E-state index in [4.69, 9.17) is 4.74 Å². The molecule has 9 heteroatoms. The molecule has 1 aromatic heterocycles. The summed E-state index contributed by atoms with van der Waals surface area (Å²) in [4.78, 5) is 0. The van der Waals surface area contributed by atoms with Crippen LogP contribution in [-0.4, -0.2) is 16.7 Å². The summed E-state index contributed by atoms with van der Waals surface area (Å²) in [5, 5.41) is 7.20. The Kier molecular flexibility index (Phi) is 4.17. The standard InChI is InChI=1S/C11H8BrF3N2O3/c1-6-9(17-20-16-6)5-18-7-2-3-10(8(12)4-7)19-11(13,14)15/h2-4H,5H2,1H3. The molecule has 2 aromatic rings. The molecule has 0 bridgehead atoms. The third kappa shape index (κ3) is 3.86. The van der Waals surface area contributed by atoms with Gasteiger partial charge in [0.2, 0.25) is 0 Å². The maximum atomic E-state index is 12.1. The zero-order chi connectivity index (χ0) is 14.8. The van der Waals surface area contributed by atoms with Crippen molar-refractivity contribution in [3.8, 4) is 11.5 Å². The SMILES string of the molecule is Cc1nonc1COc1ccc(OC(F)(F)F)c(Br)c1. The van der Waals surface area contributed by atoms with Gasteiger partial charge in [-0.05, 0) is 41.1 Å². The minimum Gasteiger partial charge on any atom is -0.487 e. The van der Waals surface area contributed by atoms with Gasteiger partial charge in [0.25, 0.3) is 0 Å². The molecule has 0 saturated carbocycles. The van der Waals surface area contributed by atoms with E-state index >= 15 is 0 Å². The number of alkyl halides is 3. The second-order valence-electron chi connectivity index (χ2n) is 3.73. The summed E-state index contributed by atoms with van der Waals surface area (Å²) in [6, 6.07) is 3.87. The van der Waals surface area contributed by atoms with Crippen molar-refractivity contribution in [3.05, 3.63) is 34.1 Å². The zero-order valence-electron chi connectivity index (χ0n) is 10.1. The Morgan fingerprint density at radius 2 is 2.05 bits per heavy atom. The van der Waals surface area contributed by atoms with Gasteiger partial charge in [-0.2, -0.15) is 0 Å². The van der Waals surface area contributed by atoms with E-state index in [-0.39, 0.29) is 16.8 Å².